The molecule has 2 heterocycles. The highest BCUT2D eigenvalue weighted by atomic mass is 19.1. The van der Waals surface area contributed by atoms with Gasteiger partial charge in [-0.3, -0.25) is 14.6 Å². The minimum Gasteiger partial charge on any atom is -0.348 e. The van der Waals surface area contributed by atoms with Crippen LogP contribution in [0.1, 0.15) is 33.7 Å². The van der Waals surface area contributed by atoms with Crippen LogP contribution < -0.4 is 5.32 Å². The van der Waals surface area contributed by atoms with Gasteiger partial charge in [-0.05, 0) is 37.1 Å². The van der Waals surface area contributed by atoms with E-state index in [1.807, 2.05) is 0 Å². The van der Waals surface area contributed by atoms with E-state index in [4.69, 9.17) is 0 Å². The number of nitrogens with zero attached hydrogens (tertiary/aromatic N) is 2. The fourth-order valence-electron chi connectivity index (χ4n) is 2.79. The van der Waals surface area contributed by atoms with Gasteiger partial charge in [0.15, 0.2) is 0 Å². The van der Waals surface area contributed by atoms with Crippen molar-refractivity contribution in [3.05, 3.63) is 65.7 Å². The summed E-state index contributed by atoms with van der Waals surface area (Å²) in [4.78, 5) is 30.1. The van der Waals surface area contributed by atoms with Gasteiger partial charge in [0.2, 0.25) is 0 Å². The normalized spacial score (nSPS) is 15.1. The Hall–Kier alpha value is -2.76. The smallest absolute Gasteiger partial charge is 0.270 e. The number of hydrogen-bond acceptors (Lipinski definition) is 3. The molecule has 0 radical (unpaired) electrons. The lowest BCUT2D eigenvalue weighted by atomic mass is 10.0. The number of hydrogen-bond donors (Lipinski definition) is 1. The van der Waals surface area contributed by atoms with Gasteiger partial charge in [-0.2, -0.15) is 0 Å². The number of amides is 2. The molecular formula is C18H18FN3O2. The summed E-state index contributed by atoms with van der Waals surface area (Å²) in [6, 6.07) is 11.2. The molecule has 1 fully saturated rings. The molecule has 1 saturated heterocycles. The van der Waals surface area contributed by atoms with Crippen molar-refractivity contribution in [3.8, 4) is 0 Å². The van der Waals surface area contributed by atoms with Crippen LogP contribution in [0.15, 0.2) is 48.7 Å². The summed E-state index contributed by atoms with van der Waals surface area (Å²) in [5.41, 5.74) is 0.468. The van der Waals surface area contributed by atoms with Crippen molar-refractivity contribution in [2.75, 3.05) is 13.1 Å². The Morgan fingerprint density at radius 3 is 2.46 bits per heavy atom. The van der Waals surface area contributed by atoms with Crippen LogP contribution in [0, 0.1) is 5.82 Å². The minimum atomic E-state index is -0.506. The Balaban J connectivity index is 1.55. The second-order valence-electron chi connectivity index (χ2n) is 5.73. The molecule has 5 nitrogen and oxygen atoms in total. The first kappa shape index (κ1) is 16.1. The van der Waals surface area contributed by atoms with Crippen molar-refractivity contribution in [1.29, 1.82) is 0 Å². The molecule has 2 amide bonds. The Morgan fingerprint density at radius 1 is 1.08 bits per heavy atom. The molecule has 1 aromatic carbocycles. The van der Waals surface area contributed by atoms with Crippen molar-refractivity contribution in [2.45, 2.75) is 18.9 Å². The number of benzene rings is 1. The maximum atomic E-state index is 13.7. The maximum absolute atomic E-state index is 13.7. The first-order valence-corrected chi connectivity index (χ1v) is 7.91. The molecule has 3 rings (SSSR count). The van der Waals surface area contributed by atoms with Gasteiger partial charge in [-0.1, -0.05) is 18.2 Å². The van der Waals surface area contributed by atoms with Crippen LogP contribution in [0.5, 0.6) is 0 Å². The molecular weight excluding hydrogens is 309 g/mol. The van der Waals surface area contributed by atoms with Gasteiger partial charge >= 0.3 is 0 Å². The third-order valence-electron chi connectivity index (χ3n) is 4.12. The summed E-state index contributed by atoms with van der Waals surface area (Å²) in [6.07, 6.45) is 2.85. The average molecular weight is 327 g/mol. The van der Waals surface area contributed by atoms with E-state index in [-0.39, 0.29) is 23.4 Å². The summed E-state index contributed by atoms with van der Waals surface area (Å²) in [5.74, 6) is -1.02. The maximum Gasteiger partial charge on any atom is 0.270 e. The lowest BCUT2D eigenvalue weighted by Crippen LogP contribution is -2.46. The van der Waals surface area contributed by atoms with E-state index in [0.717, 1.165) is 0 Å². The predicted molar refractivity (Wildman–Crippen MR) is 87.0 cm³/mol. The summed E-state index contributed by atoms with van der Waals surface area (Å²) < 4.78 is 13.7. The number of aromatic nitrogens is 1. The standard InChI is InChI=1S/C18H18FN3O2/c19-15-6-2-1-5-14(15)18(24)22-11-8-13(9-12-22)21-17(23)16-7-3-4-10-20-16/h1-7,10,13H,8-9,11-12H2,(H,21,23). The number of carbonyl (C=O) groups excluding carboxylic acids is 2. The first-order valence-electron chi connectivity index (χ1n) is 7.91. The Morgan fingerprint density at radius 2 is 1.79 bits per heavy atom. The SMILES string of the molecule is O=C(NC1CCN(C(=O)c2ccccc2F)CC1)c1ccccn1. The van der Waals surface area contributed by atoms with E-state index >= 15 is 0 Å². The summed E-state index contributed by atoms with van der Waals surface area (Å²) in [7, 11) is 0. The quantitative estimate of drug-likeness (QED) is 0.940. The highest BCUT2D eigenvalue weighted by Crippen LogP contribution is 2.16. The van der Waals surface area contributed by atoms with Crippen molar-refractivity contribution < 1.29 is 14.0 Å². The van der Waals surface area contributed by atoms with Crippen LogP contribution in [0.2, 0.25) is 0 Å². The van der Waals surface area contributed by atoms with Gasteiger partial charge < -0.3 is 10.2 Å². The van der Waals surface area contributed by atoms with Gasteiger partial charge in [0.05, 0.1) is 5.56 Å². The third-order valence-corrected chi connectivity index (χ3v) is 4.12. The molecule has 1 aliphatic heterocycles. The van der Waals surface area contributed by atoms with Gasteiger partial charge in [-0.25, -0.2) is 4.39 Å². The number of pyridine rings is 1. The zero-order valence-corrected chi connectivity index (χ0v) is 13.1. The molecule has 0 saturated carbocycles. The second kappa shape index (κ2) is 7.21. The average Bonchev–Trinajstić information content (AvgIpc) is 2.63. The lowest BCUT2D eigenvalue weighted by Gasteiger charge is -2.32. The number of likely N-dealkylation sites (tertiary alicyclic amines) is 1. The third kappa shape index (κ3) is 3.59. The predicted octanol–water partition coefficient (Wildman–Crippen LogP) is 2.26. The number of carbonyl (C=O) groups is 2. The Kier molecular flexibility index (Phi) is 4.84. The topological polar surface area (TPSA) is 62.3 Å². The molecule has 0 atom stereocenters. The van der Waals surface area contributed by atoms with Crippen LogP contribution >= 0.6 is 0 Å². The molecule has 124 valence electrons. The fourth-order valence-corrected chi connectivity index (χ4v) is 2.79. The van der Waals surface area contributed by atoms with Crippen LogP contribution in [0.3, 0.4) is 0 Å². The highest BCUT2D eigenvalue weighted by molar-refractivity contribution is 5.94. The van der Waals surface area contributed by atoms with E-state index in [1.165, 1.54) is 12.1 Å². The molecule has 1 aromatic heterocycles. The summed E-state index contributed by atoms with van der Waals surface area (Å²) >= 11 is 0. The molecule has 1 N–H and O–H groups in total. The van der Waals surface area contributed by atoms with Crippen molar-refractivity contribution in [3.63, 3.8) is 0 Å². The number of halogens is 1. The molecule has 0 spiro atoms. The van der Waals surface area contributed by atoms with Crippen LogP contribution in [-0.2, 0) is 0 Å². The fraction of sp³-hybridized carbons (Fsp3) is 0.278. The zero-order valence-electron chi connectivity index (χ0n) is 13.1. The van der Waals surface area contributed by atoms with E-state index in [0.29, 0.717) is 31.6 Å². The molecule has 0 bridgehead atoms. The summed E-state index contributed by atoms with van der Waals surface area (Å²) in [5, 5.41) is 2.93. The summed E-state index contributed by atoms with van der Waals surface area (Å²) in [6.45, 7) is 0.973. The molecule has 6 heteroatoms. The number of piperidine rings is 1. The van der Waals surface area contributed by atoms with Gasteiger partial charge in [0.25, 0.3) is 11.8 Å². The molecule has 2 aromatic rings. The van der Waals surface area contributed by atoms with Crippen molar-refractivity contribution in [2.24, 2.45) is 0 Å². The van der Waals surface area contributed by atoms with Crippen LogP contribution in [-0.4, -0.2) is 40.8 Å². The van der Waals surface area contributed by atoms with E-state index in [9.17, 15) is 14.0 Å². The van der Waals surface area contributed by atoms with Crippen LogP contribution in [0.25, 0.3) is 0 Å². The zero-order chi connectivity index (χ0) is 16.9. The highest BCUT2D eigenvalue weighted by Gasteiger charge is 2.26. The second-order valence-corrected chi connectivity index (χ2v) is 5.73. The van der Waals surface area contributed by atoms with E-state index < -0.39 is 5.82 Å². The molecule has 0 aliphatic carbocycles. The minimum absolute atomic E-state index is 0.0100. The largest absolute Gasteiger partial charge is 0.348 e. The van der Waals surface area contributed by atoms with Crippen molar-refractivity contribution in [1.82, 2.24) is 15.2 Å². The van der Waals surface area contributed by atoms with Gasteiger partial charge in [-0.15, -0.1) is 0 Å². The number of nitrogens with one attached hydrogen (secondary N) is 1. The molecule has 24 heavy (non-hydrogen) atoms. The van der Waals surface area contributed by atoms with Crippen molar-refractivity contribution >= 4 is 11.8 Å². The molecule has 0 unspecified atom stereocenters. The van der Waals surface area contributed by atoms with Crippen LogP contribution in [0.4, 0.5) is 4.39 Å². The molecule has 1 aliphatic rings. The Bertz CT molecular complexity index is 728. The lowest BCUT2D eigenvalue weighted by molar-refractivity contribution is 0.0693. The first-order chi connectivity index (χ1) is 11.6. The van der Waals surface area contributed by atoms with E-state index in [1.54, 1.807) is 41.4 Å². The van der Waals surface area contributed by atoms with Gasteiger partial charge in [0.1, 0.15) is 11.5 Å². The monoisotopic (exact) mass is 327 g/mol. The Labute approximate surface area is 139 Å². The number of rotatable bonds is 3. The van der Waals surface area contributed by atoms with E-state index in [2.05, 4.69) is 10.3 Å². The van der Waals surface area contributed by atoms with Gasteiger partial charge in [0, 0.05) is 25.3 Å².